The number of hydrogen-bond acceptors (Lipinski definition) is 2. The molecule has 1 aliphatic rings. The third-order valence-electron chi connectivity index (χ3n) is 3.87. The van der Waals surface area contributed by atoms with Crippen LogP contribution in [0.5, 0.6) is 0 Å². The summed E-state index contributed by atoms with van der Waals surface area (Å²) in [6, 6.07) is 10.6. The van der Waals surface area contributed by atoms with Gasteiger partial charge in [-0.25, -0.2) is 0 Å². The van der Waals surface area contributed by atoms with Crippen LogP contribution in [-0.4, -0.2) is 36.6 Å². The van der Waals surface area contributed by atoms with Crippen LogP contribution in [0.1, 0.15) is 32.3 Å². The van der Waals surface area contributed by atoms with E-state index in [0.29, 0.717) is 5.92 Å². The summed E-state index contributed by atoms with van der Waals surface area (Å²) >= 11 is 0. The zero-order valence-electron chi connectivity index (χ0n) is 12.5. The van der Waals surface area contributed by atoms with Gasteiger partial charge in [-0.05, 0) is 44.6 Å². The van der Waals surface area contributed by atoms with E-state index < -0.39 is 0 Å². The number of piperidine rings is 1. The van der Waals surface area contributed by atoms with Crippen LogP contribution in [0, 0.1) is 5.92 Å². The van der Waals surface area contributed by atoms with E-state index in [2.05, 4.69) is 30.3 Å². The predicted molar refractivity (Wildman–Crippen MR) is 80.5 cm³/mol. The fourth-order valence-electron chi connectivity index (χ4n) is 2.66. The molecule has 0 aliphatic carbocycles. The molecule has 0 bridgehead atoms. The summed E-state index contributed by atoms with van der Waals surface area (Å²) in [4.78, 5) is 13.9. The smallest absolute Gasteiger partial charge is 0.248 e. The molecule has 2 rings (SSSR count). The molecule has 1 aliphatic heterocycles. The maximum Gasteiger partial charge on any atom is 0.248 e. The predicted octanol–water partition coefficient (Wildman–Crippen LogP) is 2.89. The van der Waals surface area contributed by atoms with Crippen molar-refractivity contribution in [2.75, 3.05) is 19.7 Å². The highest BCUT2D eigenvalue weighted by Crippen LogP contribution is 2.21. The Bertz CT molecular complexity index is 408. The number of carbonyl (C=O) groups is 1. The average Bonchev–Trinajstić information content (AvgIpc) is 2.46. The molecule has 1 aromatic rings. The highest BCUT2D eigenvalue weighted by Gasteiger charge is 2.22. The zero-order chi connectivity index (χ0) is 14.4. The van der Waals surface area contributed by atoms with Gasteiger partial charge in [-0.15, -0.1) is 0 Å². The molecule has 0 aromatic heterocycles. The lowest BCUT2D eigenvalue weighted by Crippen LogP contribution is -2.41. The lowest BCUT2D eigenvalue weighted by Gasteiger charge is -2.32. The maximum atomic E-state index is 12.0. The largest absolute Gasteiger partial charge is 0.369 e. The minimum absolute atomic E-state index is 0.120. The van der Waals surface area contributed by atoms with Crippen molar-refractivity contribution in [1.29, 1.82) is 0 Å². The van der Waals surface area contributed by atoms with Gasteiger partial charge in [-0.3, -0.25) is 4.79 Å². The number of nitrogens with zero attached hydrogens (tertiary/aromatic N) is 1. The summed E-state index contributed by atoms with van der Waals surface area (Å²) in [6.07, 6.45) is 3.45. The number of likely N-dealkylation sites (tertiary alicyclic amines) is 1. The Morgan fingerprint density at radius 3 is 2.50 bits per heavy atom. The van der Waals surface area contributed by atoms with Crippen LogP contribution in [0.25, 0.3) is 0 Å². The maximum absolute atomic E-state index is 12.0. The van der Waals surface area contributed by atoms with Gasteiger partial charge >= 0.3 is 0 Å². The molecule has 3 heteroatoms. The number of hydrogen-bond donors (Lipinski definition) is 0. The summed E-state index contributed by atoms with van der Waals surface area (Å²) < 4.78 is 5.39. The van der Waals surface area contributed by atoms with Gasteiger partial charge in [-0.1, -0.05) is 30.3 Å². The van der Waals surface area contributed by atoms with Gasteiger partial charge in [0, 0.05) is 13.1 Å². The number of carbonyl (C=O) groups excluding carboxylic acids is 1. The molecule has 110 valence electrons. The Morgan fingerprint density at radius 1 is 1.25 bits per heavy atom. The Morgan fingerprint density at radius 2 is 1.90 bits per heavy atom. The number of rotatable bonds is 5. The fraction of sp³-hybridized carbons (Fsp3) is 0.588. The molecular weight excluding hydrogens is 250 g/mol. The molecule has 1 heterocycles. The normalized spacial score (nSPS) is 16.6. The Kier molecular flexibility index (Phi) is 5.60. The minimum Gasteiger partial charge on any atom is -0.369 e. The van der Waals surface area contributed by atoms with Crippen LogP contribution < -0.4 is 0 Å². The first-order valence-electron chi connectivity index (χ1n) is 7.58. The summed E-state index contributed by atoms with van der Waals surface area (Å²) in [7, 11) is 0. The van der Waals surface area contributed by atoms with Gasteiger partial charge in [0.15, 0.2) is 0 Å². The van der Waals surface area contributed by atoms with Crippen LogP contribution in [0.3, 0.4) is 0 Å². The molecule has 20 heavy (non-hydrogen) atoms. The van der Waals surface area contributed by atoms with E-state index in [-0.39, 0.29) is 18.6 Å². The molecule has 3 nitrogen and oxygen atoms in total. The van der Waals surface area contributed by atoms with Crippen molar-refractivity contribution in [2.45, 2.75) is 39.2 Å². The van der Waals surface area contributed by atoms with Crippen molar-refractivity contribution in [2.24, 2.45) is 5.92 Å². The van der Waals surface area contributed by atoms with Crippen molar-refractivity contribution in [1.82, 2.24) is 4.90 Å². The van der Waals surface area contributed by atoms with Crippen LogP contribution in [0.4, 0.5) is 0 Å². The van der Waals surface area contributed by atoms with E-state index in [0.717, 1.165) is 32.4 Å². The van der Waals surface area contributed by atoms with Crippen LogP contribution >= 0.6 is 0 Å². The van der Waals surface area contributed by atoms with Crippen molar-refractivity contribution in [3.63, 3.8) is 0 Å². The standard InChI is InChI=1S/C17H25NO2/c1-14(2)20-13-17(19)18-10-8-16(9-11-18)12-15-6-4-3-5-7-15/h3-7,14,16H,8-13H2,1-2H3. The second-order valence-electron chi connectivity index (χ2n) is 5.87. The monoisotopic (exact) mass is 275 g/mol. The SMILES string of the molecule is CC(C)OCC(=O)N1CCC(Cc2ccccc2)CC1. The summed E-state index contributed by atoms with van der Waals surface area (Å²) in [5.74, 6) is 0.837. The highest BCUT2D eigenvalue weighted by atomic mass is 16.5. The van der Waals surface area contributed by atoms with Crippen LogP contribution in [0.15, 0.2) is 30.3 Å². The highest BCUT2D eigenvalue weighted by molar-refractivity contribution is 5.77. The van der Waals surface area contributed by atoms with Crippen LogP contribution in [-0.2, 0) is 16.0 Å². The third-order valence-corrected chi connectivity index (χ3v) is 3.87. The first-order valence-corrected chi connectivity index (χ1v) is 7.58. The number of ether oxygens (including phenoxy) is 1. The molecule has 1 amide bonds. The first kappa shape index (κ1) is 15.0. The molecule has 1 aromatic carbocycles. The molecular formula is C17H25NO2. The van der Waals surface area contributed by atoms with Gasteiger partial charge in [0.25, 0.3) is 0 Å². The summed E-state index contributed by atoms with van der Waals surface area (Å²) in [5, 5.41) is 0. The van der Waals surface area contributed by atoms with Crippen molar-refractivity contribution >= 4 is 5.91 Å². The second-order valence-corrected chi connectivity index (χ2v) is 5.87. The molecule has 0 unspecified atom stereocenters. The summed E-state index contributed by atoms with van der Waals surface area (Å²) in [5.41, 5.74) is 1.40. The number of benzene rings is 1. The Labute approximate surface area is 121 Å². The van der Waals surface area contributed by atoms with Gasteiger partial charge in [-0.2, -0.15) is 0 Å². The first-order chi connectivity index (χ1) is 9.65. The topological polar surface area (TPSA) is 29.5 Å². The third kappa shape index (κ3) is 4.64. The van der Waals surface area contributed by atoms with Gasteiger partial charge in [0.2, 0.25) is 5.91 Å². The van der Waals surface area contributed by atoms with E-state index in [9.17, 15) is 4.79 Å². The zero-order valence-corrected chi connectivity index (χ0v) is 12.5. The number of amides is 1. The molecule has 0 saturated carbocycles. The van der Waals surface area contributed by atoms with E-state index in [1.165, 1.54) is 5.56 Å². The van der Waals surface area contributed by atoms with E-state index in [1.807, 2.05) is 18.7 Å². The molecule has 0 atom stereocenters. The van der Waals surface area contributed by atoms with Gasteiger partial charge < -0.3 is 9.64 Å². The Balaban J connectivity index is 1.73. The fourth-order valence-corrected chi connectivity index (χ4v) is 2.66. The molecule has 0 spiro atoms. The molecule has 1 fully saturated rings. The molecule has 0 radical (unpaired) electrons. The van der Waals surface area contributed by atoms with E-state index in [4.69, 9.17) is 4.74 Å². The van der Waals surface area contributed by atoms with Crippen molar-refractivity contribution < 1.29 is 9.53 Å². The van der Waals surface area contributed by atoms with E-state index >= 15 is 0 Å². The van der Waals surface area contributed by atoms with Gasteiger partial charge in [0.05, 0.1) is 6.10 Å². The van der Waals surface area contributed by atoms with Crippen molar-refractivity contribution in [3.8, 4) is 0 Å². The van der Waals surface area contributed by atoms with Gasteiger partial charge in [0.1, 0.15) is 6.61 Å². The molecule has 1 saturated heterocycles. The molecule has 0 N–H and O–H groups in total. The lowest BCUT2D eigenvalue weighted by atomic mass is 9.90. The average molecular weight is 275 g/mol. The second kappa shape index (κ2) is 7.44. The quantitative estimate of drug-likeness (QED) is 0.827. The Hall–Kier alpha value is -1.35. The van der Waals surface area contributed by atoms with E-state index in [1.54, 1.807) is 0 Å². The summed E-state index contributed by atoms with van der Waals surface area (Å²) in [6.45, 7) is 5.88. The minimum atomic E-state index is 0.120. The lowest BCUT2D eigenvalue weighted by molar-refractivity contribution is -0.139. The van der Waals surface area contributed by atoms with Crippen LogP contribution in [0.2, 0.25) is 0 Å². The van der Waals surface area contributed by atoms with Crippen molar-refractivity contribution in [3.05, 3.63) is 35.9 Å².